The van der Waals surface area contributed by atoms with Crippen LogP contribution in [0.1, 0.15) is 11.3 Å². The minimum absolute atomic E-state index is 0.125. The summed E-state index contributed by atoms with van der Waals surface area (Å²) in [6.45, 7) is 0. The van der Waals surface area contributed by atoms with E-state index < -0.39 is 23.7 Å². The second-order valence-electron chi connectivity index (χ2n) is 3.20. The number of carbonyl (C=O) groups is 1. The summed E-state index contributed by atoms with van der Waals surface area (Å²) in [6.07, 6.45) is -0.633. The number of hydrogen-bond donors (Lipinski definition) is 1. The number of carboxylic acid groups (broad SMARTS) is 1. The Morgan fingerprint density at radius 3 is 2.43 bits per heavy atom. The van der Waals surface area contributed by atoms with Crippen LogP contribution in [-0.4, -0.2) is 17.0 Å². The first-order valence-corrected chi connectivity index (χ1v) is 4.97. The Kier molecular flexibility index (Phi) is 1.88. The van der Waals surface area contributed by atoms with Gasteiger partial charge in [0.05, 0.1) is 4.34 Å². The molecule has 0 aromatic carbocycles. The molecule has 1 aromatic rings. The first-order chi connectivity index (χ1) is 6.40. The van der Waals surface area contributed by atoms with E-state index in [-0.39, 0.29) is 4.88 Å². The van der Waals surface area contributed by atoms with Crippen molar-refractivity contribution in [2.45, 2.75) is 17.8 Å². The number of thiophene rings is 1. The van der Waals surface area contributed by atoms with Crippen LogP contribution in [0.5, 0.6) is 0 Å². The molecule has 6 heteroatoms. The van der Waals surface area contributed by atoms with Crippen LogP contribution in [0.4, 0.5) is 8.78 Å². The molecule has 1 fully saturated rings. The lowest BCUT2D eigenvalue weighted by atomic mass is 10.1. The summed E-state index contributed by atoms with van der Waals surface area (Å²) in [4.78, 5) is 10.9. The van der Waals surface area contributed by atoms with Crippen LogP contribution < -0.4 is 0 Å². The lowest BCUT2D eigenvalue weighted by Gasteiger charge is -2.07. The van der Waals surface area contributed by atoms with Crippen molar-refractivity contribution >= 4 is 28.9 Å². The molecule has 1 N–H and O–H groups in total. The SMILES string of the molecule is O=C(O)C1(c2ccc(Cl)s2)CC1(F)F. The zero-order chi connectivity index (χ0) is 10.6. The Labute approximate surface area is 87.1 Å². The van der Waals surface area contributed by atoms with Crippen LogP contribution in [0, 0.1) is 0 Å². The molecule has 1 saturated carbocycles. The summed E-state index contributed by atoms with van der Waals surface area (Å²) in [5.74, 6) is -4.63. The molecule has 0 spiro atoms. The second-order valence-corrected chi connectivity index (χ2v) is 4.91. The molecule has 1 aliphatic rings. The number of carboxylic acids is 1. The van der Waals surface area contributed by atoms with Gasteiger partial charge in [-0.15, -0.1) is 11.3 Å². The lowest BCUT2D eigenvalue weighted by molar-refractivity contribution is -0.142. The molecule has 1 heterocycles. The van der Waals surface area contributed by atoms with Crippen LogP contribution in [-0.2, 0) is 10.2 Å². The lowest BCUT2D eigenvalue weighted by Crippen LogP contribution is -2.25. The third-order valence-corrected chi connectivity index (χ3v) is 3.74. The van der Waals surface area contributed by atoms with Crippen molar-refractivity contribution in [2.24, 2.45) is 0 Å². The number of alkyl halides is 2. The van der Waals surface area contributed by atoms with Crippen LogP contribution in [0.15, 0.2) is 12.1 Å². The highest BCUT2D eigenvalue weighted by Crippen LogP contribution is 2.63. The summed E-state index contributed by atoms with van der Waals surface area (Å²) < 4.78 is 26.3. The van der Waals surface area contributed by atoms with Gasteiger partial charge in [-0.1, -0.05) is 11.6 Å². The van der Waals surface area contributed by atoms with Crippen molar-refractivity contribution in [2.75, 3.05) is 0 Å². The molecule has 1 aliphatic carbocycles. The molecule has 14 heavy (non-hydrogen) atoms. The van der Waals surface area contributed by atoms with Crippen molar-refractivity contribution in [1.82, 2.24) is 0 Å². The smallest absolute Gasteiger partial charge is 0.321 e. The molecule has 0 amide bonds. The van der Waals surface area contributed by atoms with Crippen molar-refractivity contribution in [3.05, 3.63) is 21.3 Å². The summed E-state index contributed by atoms with van der Waals surface area (Å²) >= 11 is 6.47. The predicted octanol–water partition coefficient (Wildman–Crippen LogP) is 2.76. The molecule has 2 nitrogen and oxygen atoms in total. The first-order valence-electron chi connectivity index (χ1n) is 3.77. The van der Waals surface area contributed by atoms with Crippen molar-refractivity contribution in [3.8, 4) is 0 Å². The molecular formula is C8H5ClF2O2S. The van der Waals surface area contributed by atoms with Crippen LogP contribution in [0.3, 0.4) is 0 Å². The largest absolute Gasteiger partial charge is 0.480 e. The number of hydrogen-bond acceptors (Lipinski definition) is 2. The monoisotopic (exact) mass is 238 g/mol. The fourth-order valence-corrected chi connectivity index (χ4v) is 2.71. The number of aliphatic carboxylic acids is 1. The molecule has 2 rings (SSSR count). The van der Waals surface area contributed by atoms with Gasteiger partial charge in [0, 0.05) is 11.3 Å². The molecule has 1 unspecified atom stereocenters. The molecule has 0 saturated heterocycles. The van der Waals surface area contributed by atoms with Gasteiger partial charge in [0.25, 0.3) is 5.92 Å². The summed E-state index contributed by atoms with van der Waals surface area (Å²) in [7, 11) is 0. The standard InChI is InChI=1S/C8H5ClF2O2S/c9-5-2-1-4(14-5)7(6(12)13)3-8(7,10)11/h1-2H,3H2,(H,12,13). The van der Waals surface area contributed by atoms with E-state index in [4.69, 9.17) is 16.7 Å². The van der Waals surface area contributed by atoms with Gasteiger partial charge in [0.15, 0.2) is 5.41 Å². The Morgan fingerprint density at radius 1 is 1.57 bits per heavy atom. The first kappa shape index (κ1) is 9.86. The Balaban J connectivity index is 2.46. The molecule has 1 atom stereocenters. The van der Waals surface area contributed by atoms with E-state index in [9.17, 15) is 13.6 Å². The van der Waals surface area contributed by atoms with E-state index in [1.54, 1.807) is 0 Å². The number of halogens is 3. The van der Waals surface area contributed by atoms with Crippen LogP contribution in [0.25, 0.3) is 0 Å². The quantitative estimate of drug-likeness (QED) is 0.860. The van der Waals surface area contributed by atoms with Gasteiger partial charge >= 0.3 is 5.97 Å². The molecule has 0 radical (unpaired) electrons. The van der Waals surface area contributed by atoms with Gasteiger partial charge < -0.3 is 5.11 Å². The van der Waals surface area contributed by atoms with E-state index in [1.165, 1.54) is 12.1 Å². The van der Waals surface area contributed by atoms with Crippen molar-refractivity contribution < 1.29 is 18.7 Å². The van der Waals surface area contributed by atoms with E-state index in [2.05, 4.69) is 0 Å². The van der Waals surface area contributed by atoms with Crippen molar-refractivity contribution in [1.29, 1.82) is 0 Å². The average Bonchev–Trinajstić information content (AvgIpc) is 2.44. The minimum atomic E-state index is -3.15. The normalized spacial score (nSPS) is 28.8. The Hall–Kier alpha value is -0.680. The molecule has 0 bridgehead atoms. The van der Waals surface area contributed by atoms with Crippen molar-refractivity contribution in [3.63, 3.8) is 0 Å². The fraction of sp³-hybridized carbons (Fsp3) is 0.375. The number of rotatable bonds is 2. The van der Waals surface area contributed by atoms with E-state index in [1.807, 2.05) is 0 Å². The van der Waals surface area contributed by atoms with Gasteiger partial charge in [-0.2, -0.15) is 0 Å². The Morgan fingerprint density at radius 2 is 2.14 bits per heavy atom. The average molecular weight is 239 g/mol. The maximum absolute atomic E-state index is 13.0. The zero-order valence-corrected chi connectivity index (χ0v) is 8.33. The third-order valence-electron chi connectivity index (χ3n) is 2.35. The van der Waals surface area contributed by atoms with Gasteiger partial charge in [-0.25, -0.2) is 8.78 Å². The maximum Gasteiger partial charge on any atom is 0.321 e. The molecule has 0 aliphatic heterocycles. The summed E-state index contributed by atoms with van der Waals surface area (Å²) in [5, 5.41) is 8.79. The molecular weight excluding hydrogens is 234 g/mol. The topological polar surface area (TPSA) is 37.3 Å². The highest BCUT2D eigenvalue weighted by atomic mass is 35.5. The fourth-order valence-electron chi connectivity index (χ4n) is 1.44. The maximum atomic E-state index is 13.0. The van der Waals surface area contributed by atoms with E-state index in [0.29, 0.717) is 4.34 Å². The van der Waals surface area contributed by atoms with E-state index in [0.717, 1.165) is 11.3 Å². The summed E-state index contributed by atoms with van der Waals surface area (Å²) in [5.41, 5.74) is -2.02. The predicted molar refractivity (Wildman–Crippen MR) is 48.2 cm³/mol. The van der Waals surface area contributed by atoms with Gasteiger partial charge in [0.2, 0.25) is 0 Å². The van der Waals surface area contributed by atoms with E-state index >= 15 is 0 Å². The minimum Gasteiger partial charge on any atom is -0.480 e. The van der Waals surface area contributed by atoms with Gasteiger partial charge in [-0.05, 0) is 12.1 Å². The van der Waals surface area contributed by atoms with Crippen LogP contribution in [0.2, 0.25) is 4.34 Å². The van der Waals surface area contributed by atoms with Crippen LogP contribution >= 0.6 is 22.9 Å². The molecule has 76 valence electrons. The second kappa shape index (κ2) is 2.67. The highest BCUT2D eigenvalue weighted by molar-refractivity contribution is 7.16. The highest BCUT2D eigenvalue weighted by Gasteiger charge is 2.78. The zero-order valence-electron chi connectivity index (χ0n) is 6.76. The summed E-state index contributed by atoms with van der Waals surface area (Å²) in [6, 6.07) is 2.78. The Bertz CT molecular complexity index is 404. The third kappa shape index (κ3) is 1.09. The molecule has 1 aromatic heterocycles. The van der Waals surface area contributed by atoms with Gasteiger partial charge in [-0.3, -0.25) is 4.79 Å². The van der Waals surface area contributed by atoms with Gasteiger partial charge in [0.1, 0.15) is 0 Å².